The Balaban J connectivity index is 0.00000208. The Morgan fingerprint density at radius 3 is 2.29 bits per heavy atom. The van der Waals surface area contributed by atoms with Crippen LogP contribution in [0, 0.1) is 0 Å². The minimum absolute atomic E-state index is 0. The highest BCUT2D eigenvalue weighted by molar-refractivity contribution is 5.95. The smallest absolute Gasteiger partial charge is 0.254 e. The lowest BCUT2D eigenvalue weighted by Crippen LogP contribution is -2.51. The van der Waals surface area contributed by atoms with Crippen LogP contribution in [0.4, 0.5) is 0 Å². The molecule has 2 atom stereocenters. The van der Waals surface area contributed by atoms with Gasteiger partial charge in [-0.2, -0.15) is 0 Å². The number of benzene rings is 2. The molecule has 0 saturated carbocycles. The second-order valence-corrected chi connectivity index (χ2v) is 6.36. The molecule has 0 aromatic heterocycles. The van der Waals surface area contributed by atoms with E-state index in [9.17, 15) is 4.79 Å². The van der Waals surface area contributed by atoms with Crippen molar-refractivity contribution in [1.29, 1.82) is 0 Å². The van der Waals surface area contributed by atoms with E-state index in [0.29, 0.717) is 0 Å². The Morgan fingerprint density at radius 1 is 1.04 bits per heavy atom. The number of likely N-dealkylation sites (tertiary alicyclic amines) is 1. The SMILES string of the molecule is CC(N)C1CCCCN1C(=O)c1ccc(-c2ccccc2)cc1.Cl. The minimum Gasteiger partial charge on any atom is -0.334 e. The van der Waals surface area contributed by atoms with Gasteiger partial charge in [-0.3, -0.25) is 4.79 Å². The number of nitrogens with zero attached hydrogens (tertiary/aromatic N) is 1. The molecule has 1 heterocycles. The van der Waals surface area contributed by atoms with Gasteiger partial charge in [-0.15, -0.1) is 12.4 Å². The third kappa shape index (κ3) is 3.97. The Hall–Kier alpha value is -1.84. The standard InChI is InChI=1S/C20H24N2O.ClH/c1-15(21)19-9-5-6-14-22(19)20(23)18-12-10-17(11-13-18)16-7-3-2-4-8-16;/h2-4,7-8,10-13,15,19H,5-6,9,14,21H2,1H3;1H. The van der Waals surface area contributed by atoms with Crippen LogP contribution in [0.5, 0.6) is 0 Å². The van der Waals surface area contributed by atoms with E-state index in [0.717, 1.165) is 42.5 Å². The second-order valence-electron chi connectivity index (χ2n) is 6.36. The molecule has 2 unspecified atom stereocenters. The van der Waals surface area contributed by atoms with Crippen molar-refractivity contribution in [2.75, 3.05) is 6.54 Å². The van der Waals surface area contributed by atoms with Crippen LogP contribution in [-0.2, 0) is 0 Å². The number of piperidine rings is 1. The zero-order valence-electron chi connectivity index (χ0n) is 14.0. The predicted octanol–water partition coefficient (Wildman–Crippen LogP) is 4.12. The highest BCUT2D eigenvalue weighted by Gasteiger charge is 2.29. The van der Waals surface area contributed by atoms with Gasteiger partial charge in [0.25, 0.3) is 5.91 Å². The molecule has 128 valence electrons. The van der Waals surface area contributed by atoms with E-state index in [1.807, 2.05) is 54.3 Å². The molecule has 4 heteroatoms. The molecule has 1 fully saturated rings. The first kappa shape index (κ1) is 18.5. The number of carbonyl (C=O) groups is 1. The largest absolute Gasteiger partial charge is 0.334 e. The molecule has 0 radical (unpaired) electrons. The van der Waals surface area contributed by atoms with Gasteiger partial charge in [-0.1, -0.05) is 42.5 Å². The first-order chi connectivity index (χ1) is 11.2. The summed E-state index contributed by atoms with van der Waals surface area (Å²) in [5, 5.41) is 0. The average Bonchev–Trinajstić information content (AvgIpc) is 2.62. The summed E-state index contributed by atoms with van der Waals surface area (Å²) in [5.74, 6) is 0.103. The second kappa shape index (κ2) is 8.32. The molecule has 3 rings (SSSR count). The van der Waals surface area contributed by atoms with Crippen LogP contribution >= 0.6 is 12.4 Å². The molecule has 2 aromatic carbocycles. The lowest BCUT2D eigenvalue weighted by Gasteiger charge is -2.38. The van der Waals surface area contributed by atoms with Crippen LogP contribution in [0.2, 0.25) is 0 Å². The first-order valence-electron chi connectivity index (χ1n) is 8.39. The van der Waals surface area contributed by atoms with Crippen LogP contribution in [0.3, 0.4) is 0 Å². The number of nitrogens with two attached hydrogens (primary N) is 1. The van der Waals surface area contributed by atoms with Crippen molar-refractivity contribution in [3.05, 3.63) is 60.2 Å². The van der Waals surface area contributed by atoms with Crippen LogP contribution < -0.4 is 5.73 Å². The van der Waals surface area contributed by atoms with Crippen molar-refractivity contribution in [3.63, 3.8) is 0 Å². The van der Waals surface area contributed by atoms with E-state index in [-0.39, 0.29) is 30.4 Å². The van der Waals surface area contributed by atoms with E-state index in [4.69, 9.17) is 5.73 Å². The quantitative estimate of drug-likeness (QED) is 0.910. The number of halogens is 1. The fraction of sp³-hybridized carbons (Fsp3) is 0.350. The molecular weight excluding hydrogens is 320 g/mol. The van der Waals surface area contributed by atoms with Crippen LogP contribution in [-0.4, -0.2) is 29.4 Å². The molecule has 1 amide bonds. The lowest BCUT2D eigenvalue weighted by molar-refractivity contribution is 0.0584. The van der Waals surface area contributed by atoms with Crippen molar-refractivity contribution >= 4 is 18.3 Å². The molecule has 0 spiro atoms. The summed E-state index contributed by atoms with van der Waals surface area (Å²) >= 11 is 0. The summed E-state index contributed by atoms with van der Waals surface area (Å²) in [7, 11) is 0. The summed E-state index contributed by atoms with van der Waals surface area (Å²) in [6.45, 7) is 2.81. The van der Waals surface area contributed by atoms with Crippen molar-refractivity contribution < 1.29 is 4.79 Å². The summed E-state index contributed by atoms with van der Waals surface area (Å²) in [6.07, 6.45) is 3.23. The summed E-state index contributed by atoms with van der Waals surface area (Å²) in [6, 6.07) is 18.3. The molecule has 0 bridgehead atoms. The van der Waals surface area contributed by atoms with Crippen molar-refractivity contribution in [3.8, 4) is 11.1 Å². The van der Waals surface area contributed by atoms with Gasteiger partial charge in [-0.25, -0.2) is 0 Å². The molecular formula is C20H25ClN2O. The average molecular weight is 345 g/mol. The molecule has 24 heavy (non-hydrogen) atoms. The fourth-order valence-corrected chi connectivity index (χ4v) is 3.36. The minimum atomic E-state index is 0. The van der Waals surface area contributed by atoms with Gasteiger partial charge in [0.1, 0.15) is 0 Å². The summed E-state index contributed by atoms with van der Waals surface area (Å²) < 4.78 is 0. The van der Waals surface area contributed by atoms with Gasteiger partial charge in [0.05, 0.1) is 0 Å². The topological polar surface area (TPSA) is 46.3 Å². The normalized spacial score (nSPS) is 18.6. The molecule has 1 saturated heterocycles. The number of hydrogen-bond donors (Lipinski definition) is 1. The van der Waals surface area contributed by atoms with Gasteiger partial charge in [0, 0.05) is 24.2 Å². The third-order valence-electron chi connectivity index (χ3n) is 4.66. The summed E-state index contributed by atoms with van der Waals surface area (Å²) in [5.41, 5.74) is 9.12. The Kier molecular flexibility index (Phi) is 6.41. The zero-order valence-corrected chi connectivity index (χ0v) is 14.8. The molecule has 2 aromatic rings. The van der Waals surface area contributed by atoms with Gasteiger partial charge < -0.3 is 10.6 Å². The van der Waals surface area contributed by atoms with Crippen LogP contribution in [0.15, 0.2) is 54.6 Å². The van der Waals surface area contributed by atoms with E-state index < -0.39 is 0 Å². The number of carbonyl (C=O) groups excluding carboxylic acids is 1. The van der Waals surface area contributed by atoms with Crippen LogP contribution in [0.25, 0.3) is 11.1 Å². The van der Waals surface area contributed by atoms with E-state index in [1.54, 1.807) is 0 Å². The van der Waals surface area contributed by atoms with Gasteiger partial charge in [0.2, 0.25) is 0 Å². The lowest BCUT2D eigenvalue weighted by atomic mass is 9.95. The van der Waals surface area contributed by atoms with Crippen molar-refractivity contribution in [2.24, 2.45) is 5.73 Å². The number of hydrogen-bond acceptors (Lipinski definition) is 2. The molecule has 0 aliphatic carbocycles. The number of rotatable bonds is 3. The zero-order chi connectivity index (χ0) is 16.2. The Bertz CT molecular complexity index is 655. The van der Waals surface area contributed by atoms with Crippen molar-refractivity contribution in [1.82, 2.24) is 4.90 Å². The van der Waals surface area contributed by atoms with Crippen molar-refractivity contribution in [2.45, 2.75) is 38.3 Å². The fourth-order valence-electron chi connectivity index (χ4n) is 3.36. The number of amides is 1. The maximum Gasteiger partial charge on any atom is 0.254 e. The molecule has 2 N–H and O–H groups in total. The monoisotopic (exact) mass is 344 g/mol. The van der Waals surface area contributed by atoms with Gasteiger partial charge in [0.15, 0.2) is 0 Å². The maximum absolute atomic E-state index is 12.8. The van der Waals surface area contributed by atoms with E-state index in [2.05, 4.69) is 12.1 Å². The molecule has 1 aliphatic rings. The van der Waals surface area contributed by atoms with E-state index in [1.165, 1.54) is 0 Å². The predicted molar refractivity (Wildman–Crippen MR) is 101 cm³/mol. The third-order valence-corrected chi connectivity index (χ3v) is 4.66. The van der Waals surface area contributed by atoms with Crippen LogP contribution in [0.1, 0.15) is 36.5 Å². The first-order valence-corrected chi connectivity index (χ1v) is 8.39. The Labute approximate surface area is 150 Å². The molecule has 1 aliphatic heterocycles. The summed E-state index contributed by atoms with van der Waals surface area (Å²) in [4.78, 5) is 14.8. The molecule has 3 nitrogen and oxygen atoms in total. The Morgan fingerprint density at radius 2 is 1.67 bits per heavy atom. The van der Waals surface area contributed by atoms with Gasteiger partial charge >= 0.3 is 0 Å². The van der Waals surface area contributed by atoms with Gasteiger partial charge in [-0.05, 0) is 49.4 Å². The van der Waals surface area contributed by atoms with E-state index >= 15 is 0 Å². The highest BCUT2D eigenvalue weighted by atomic mass is 35.5. The highest BCUT2D eigenvalue weighted by Crippen LogP contribution is 2.23. The maximum atomic E-state index is 12.8.